The van der Waals surface area contributed by atoms with Crippen molar-refractivity contribution in [3.05, 3.63) is 40.9 Å². The van der Waals surface area contributed by atoms with Gasteiger partial charge in [0, 0.05) is 30.7 Å². The van der Waals surface area contributed by atoms with Gasteiger partial charge in [0.05, 0.1) is 25.3 Å². The van der Waals surface area contributed by atoms with Crippen LogP contribution in [0.4, 0.5) is 10.8 Å². The van der Waals surface area contributed by atoms with Crippen molar-refractivity contribution >= 4 is 28.1 Å². The smallest absolute Gasteiger partial charge is 0.226 e. The molecule has 3 rings (SSSR count). The van der Waals surface area contributed by atoms with Crippen molar-refractivity contribution in [1.82, 2.24) is 15.2 Å². The molecule has 27 heavy (non-hydrogen) atoms. The average molecular weight is 389 g/mol. The second-order valence-electron chi connectivity index (χ2n) is 6.65. The van der Waals surface area contributed by atoms with Gasteiger partial charge < -0.3 is 15.4 Å². The summed E-state index contributed by atoms with van der Waals surface area (Å²) in [6, 6.07) is 8.34. The number of hydrogen-bond acceptors (Lipinski definition) is 6. The molecule has 2 N–H and O–H groups in total. The van der Waals surface area contributed by atoms with Crippen molar-refractivity contribution in [2.75, 3.05) is 44.7 Å². The molecule has 1 saturated heterocycles. The average Bonchev–Trinajstić information content (AvgIpc) is 3.13. The van der Waals surface area contributed by atoms with E-state index in [-0.39, 0.29) is 5.91 Å². The summed E-state index contributed by atoms with van der Waals surface area (Å²) in [5, 5.41) is 9.04. The number of carbonyl (C=O) groups is 1. The minimum atomic E-state index is 0.0288. The van der Waals surface area contributed by atoms with Gasteiger partial charge in [0.2, 0.25) is 5.91 Å². The minimum absolute atomic E-state index is 0.0288. The highest BCUT2D eigenvalue weighted by atomic mass is 32.1. The van der Waals surface area contributed by atoms with Crippen LogP contribution in [0.3, 0.4) is 0 Å². The van der Waals surface area contributed by atoms with E-state index in [9.17, 15) is 4.79 Å². The molecule has 7 heteroatoms. The first kappa shape index (κ1) is 19.8. The van der Waals surface area contributed by atoms with Crippen LogP contribution in [0.25, 0.3) is 0 Å². The van der Waals surface area contributed by atoms with Gasteiger partial charge in [-0.2, -0.15) is 0 Å². The van der Waals surface area contributed by atoms with Crippen LogP contribution >= 0.6 is 11.3 Å². The Morgan fingerprint density at radius 1 is 1.26 bits per heavy atom. The van der Waals surface area contributed by atoms with Gasteiger partial charge >= 0.3 is 0 Å². The first-order valence-corrected chi connectivity index (χ1v) is 10.5. The van der Waals surface area contributed by atoms with Gasteiger partial charge in [-0.3, -0.25) is 9.69 Å². The molecule has 1 aliphatic heterocycles. The fourth-order valence-electron chi connectivity index (χ4n) is 2.98. The molecule has 0 unspecified atom stereocenters. The predicted octanol–water partition coefficient (Wildman–Crippen LogP) is 2.83. The van der Waals surface area contributed by atoms with E-state index in [0.29, 0.717) is 13.0 Å². The van der Waals surface area contributed by atoms with E-state index >= 15 is 0 Å². The quantitative estimate of drug-likeness (QED) is 0.647. The van der Waals surface area contributed by atoms with Crippen LogP contribution in [0, 0.1) is 0 Å². The summed E-state index contributed by atoms with van der Waals surface area (Å²) in [5.74, 6) is 0.0288. The predicted molar refractivity (Wildman–Crippen MR) is 110 cm³/mol. The second kappa shape index (κ2) is 10.4. The maximum absolute atomic E-state index is 12.1. The Kier molecular flexibility index (Phi) is 7.62. The largest absolute Gasteiger partial charge is 0.379 e. The highest BCUT2D eigenvalue weighted by Gasteiger charge is 2.11. The molecule has 1 amide bonds. The number of aryl methyl sites for hydroxylation is 1. The van der Waals surface area contributed by atoms with E-state index in [1.807, 2.05) is 5.38 Å². The summed E-state index contributed by atoms with van der Waals surface area (Å²) >= 11 is 1.52. The number of thiazole rings is 1. The molecular weight excluding hydrogens is 360 g/mol. The van der Waals surface area contributed by atoms with Crippen molar-refractivity contribution in [3.8, 4) is 0 Å². The van der Waals surface area contributed by atoms with Crippen molar-refractivity contribution in [3.63, 3.8) is 0 Å². The number of aromatic nitrogens is 1. The van der Waals surface area contributed by atoms with Crippen LogP contribution in [0.1, 0.15) is 24.6 Å². The molecule has 1 aromatic heterocycles. The molecule has 1 fully saturated rings. The monoisotopic (exact) mass is 388 g/mol. The van der Waals surface area contributed by atoms with E-state index in [0.717, 1.165) is 62.2 Å². The van der Waals surface area contributed by atoms with Crippen molar-refractivity contribution in [1.29, 1.82) is 0 Å². The number of nitrogens with zero attached hydrogens (tertiary/aromatic N) is 2. The van der Waals surface area contributed by atoms with Crippen LogP contribution in [0.2, 0.25) is 0 Å². The molecule has 0 bridgehead atoms. The molecular formula is C20H28N4O2S. The summed E-state index contributed by atoms with van der Waals surface area (Å²) in [5.41, 5.74) is 3.13. The van der Waals surface area contributed by atoms with Crippen molar-refractivity contribution in [2.24, 2.45) is 0 Å². The molecule has 0 atom stereocenters. The van der Waals surface area contributed by atoms with Gasteiger partial charge in [0.15, 0.2) is 5.13 Å². The lowest BCUT2D eigenvalue weighted by Crippen LogP contribution is -2.38. The van der Waals surface area contributed by atoms with Gasteiger partial charge in [-0.15, -0.1) is 11.3 Å². The molecule has 146 valence electrons. The number of nitrogens with one attached hydrogen (secondary N) is 2. The summed E-state index contributed by atoms with van der Waals surface area (Å²) < 4.78 is 5.34. The van der Waals surface area contributed by atoms with Crippen LogP contribution in [-0.2, 0) is 22.4 Å². The first-order valence-electron chi connectivity index (χ1n) is 9.60. The van der Waals surface area contributed by atoms with Gasteiger partial charge in [0.1, 0.15) is 0 Å². The summed E-state index contributed by atoms with van der Waals surface area (Å²) in [6.45, 7) is 7.46. The van der Waals surface area contributed by atoms with Gasteiger partial charge in [-0.05, 0) is 37.1 Å². The van der Waals surface area contributed by atoms with Crippen LogP contribution in [-0.4, -0.2) is 55.2 Å². The van der Waals surface area contributed by atoms with E-state index < -0.39 is 0 Å². The number of amides is 1. The van der Waals surface area contributed by atoms with Crippen molar-refractivity contribution < 1.29 is 9.53 Å². The molecule has 2 aromatic rings. The van der Waals surface area contributed by atoms with Gasteiger partial charge in [-0.1, -0.05) is 19.1 Å². The van der Waals surface area contributed by atoms with Gasteiger partial charge in [-0.25, -0.2) is 4.98 Å². The number of hydrogen-bond donors (Lipinski definition) is 2. The molecule has 0 aliphatic carbocycles. The number of morpholine rings is 1. The Hall–Kier alpha value is -1.96. The molecule has 0 spiro atoms. The van der Waals surface area contributed by atoms with E-state index in [1.165, 1.54) is 16.9 Å². The molecule has 1 aromatic carbocycles. The zero-order valence-electron chi connectivity index (χ0n) is 15.9. The van der Waals surface area contributed by atoms with E-state index in [4.69, 9.17) is 4.74 Å². The fourth-order valence-corrected chi connectivity index (χ4v) is 3.71. The summed E-state index contributed by atoms with van der Waals surface area (Å²) in [4.78, 5) is 19.0. The Morgan fingerprint density at radius 3 is 2.78 bits per heavy atom. The van der Waals surface area contributed by atoms with Crippen LogP contribution < -0.4 is 10.6 Å². The highest BCUT2D eigenvalue weighted by molar-refractivity contribution is 7.13. The molecule has 0 radical (unpaired) electrons. The lowest BCUT2D eigenvalue weighted by atomic mass is 10.1. The highest BCUT2D eigenvalue weighted by Crippen LogP contribution is 2.21. The standard InChI is InChI=1S/C20H28N4O2S/c1-2-16-4-6-17(7-5-16)22-20-23-18(15-27-20)14-19(25)21-8-3-9-24-10-12-26-13-11-24/h4-7,15H,2-3,8-14H2,1H3,(H,21,25)(H,22,23). The Bertz CT molecular complexity index is 711. The third-order valence-electron chi connectivity index (χ3n) is 4.58. The zero-order chi connectivity index (χ0) is 18.9. The molecule has 1 aliphatic rings. The first-order chi connectivity index (χ1) is 13.2. The number of ether oxygens (including phenoxy) is 1. The molecule has 6 nitrogen and oxygen atoms in total. The minimum Gasteiger partial charge on any atom is -0.379 e. The maximum Gasteiger partial charge on any atom is 0.226 e. The number of benzene rings is 1. The Balaban J connectivity index is 1.36. The van der Waals surface area contributed by atoms with Gasteiger partial charge in [0.25, 0.3) is 0 Å². The van der Waals surface area contributed by atoms with E-state index in [2.05, 4.69) is 51.7 Å². The van der Waals surface area contributed by atoms with Crippen molar-refractivity contribution in [2.45, 2.75) is 26.2 Å². The molecule has 0 saturated carbocycles. The normalized spacial score (nSPS) is 14.9. The lowest BCUT2D eigenvalue weighted by Gasteiger charge is -2.26. The third-order valence-corrected chi connectivity index (χ3v) is 5.39. The lowest BCUT2D eigenvalue weighted by molar-refractivity contribution is -0.120. The molecule has 2 heterocycles. The number of anilines is 2. The number of carbonyl (C=O) groups excluding carboxylic acids is 1. The number of rotatable bonds is 9. The van der Waals surface area contributed by atoms with E-state index in [1.54, 1.807) is 0 Å². The Morgan fingerprint density at radius 2 is 2.04 bits per heavy atom. The maximum atomic E-state index is 12.1. The van der Waals surface area contributed by atoms with Crippen LogP contribution in [0.15, 0.2) is 29.6 Å². The van der Waals surface area contributed by atoms with Crippen LogP contribution in [0.5, 0.6) is 0 Å². The summed E-state index contributed by atoms with van der Waals surface area (Å²) in [6.07, 6.45) is 2.32. The SMILES string of the molecule is CCc1ccc(Nc2nc(CC(=O)NCCCN3CCOCC3)cs2)cc1. The fraction of sp³-hybridized carbons (Fsp3) is 0.500. The summed E-state index contributed by atoms with van der Waals surface area (Å²) in [7, 11) is 0. The second-order valence-corrected chi connectivity index (χ2v) is 7.51. The third kappa shape index (κ3) is 6.61. The zero-order valence-corrected chi connectivity index (χ0v) is 16.7. The topological polar surface area (TPSA) is 66.5 Å². The Labute approximate surface area is 164 Å².